The number of carboxylic acid groups (broad SMARTS) is 1. The predicted octanol–water partition coefficient (Wildman–Crippen LogP) is -0.797. The van der Waals surface area contributed by atoms with Gasteiger partial charge in [0.1, 0.15) is 0 Å². The minimum atomic E-state index is -0.745. The molecule has 0 saturated carbocycles. The van der Waals surface area contributed by atoms with Crippen molar-refractivity contribution >= 4 is 5.97 Å². The summed E-state index contributed by atoms with van der Waals surface area (Å²) in [6, 6.07) is 0. The van der Waals surface area contributed by atoms with Gasteiger partial charge in [0.15, 0.2) is 0 Å². The third-order valence-electron chi connectivity index (χ3n) is 0.976. The maximum absolute atomic E-state index is 9.37. The van der Waals surface area contributed by atoms with Crippen LogP contribution in [0.5, 0.6) is 0 Å². The molecular weight excluding hydrogens is 164 g/mol. The highest BCUT2D eigenvalue weighted by atomic mass is 16.4. The summed E-state index contributed by atoms with van der Waals surface area (Å²) in [7, 11) is 0. The Balaban J connectivity index is 0. The van der Waals surface area contributed by atoms with Gasteiger partial charge in [-0.15, -0.1) is 0 Å². The van der Waals surface area contributed by atoms with Crippen LogP contribution in [0.25, 0.3) is 0 Å². The maximum atomic E-state index is 9.37. The van der Waals surface area contributed by atoms with Gasteiger partial charge in [0.2, 0.25) is 0 Å². The molecule has 0 radical (unpaired) electrons. The largest absolute Gasteiger partial charge is 0.481 e. The first-order valence-corrected chi connectivity index (χ1v) is 3.70. The molecule has 0 aliphatic heterocycles. The third-order valence-corrected chi connectivity index (χ3v) is 0.976. The van der Waals surface area contributed by atoms with Gasteiger partial charge in [-0.1, -0.05) is 6.92 Å². The van der Waals surface area contributed by atoms with Gasteiger partial charge in [0.25, 0.3) is 0 Å². The van der Waals surface area contributed by atoms with E-state index in [9.17, 15) is 4.79 Å². The summed E-state index contributed by atoms with van der Waals surface area (Å²) in [4.78, 5) is 9.37. The van der Waals surface area contributed by atoms with Crippen molar-refractivity contribution in [2.45, 2.75) is 25.9 Å². The van der Waals surface area contributed by atoms with Gasteiger partial charge in [0.05, 0.1) is 12.7 Å². The van der Waals surface area contributed by atoms with Crippen LogP contribution in [0.2, 0.25) is 0 Å². The second kappa shape index (κ2) is 10.3. The number of carbonyl (C=O) groups is 1. The molecule has 0 rings (SSSR count). The van der Waals surface area contributed by atoms with E-state index in [4.69, 9.17) is 20.4 Å². The molecule has 0 aromatic rings. The first kappa shape index (κ1) is 13.9. The molecule has 0 bridgehead atoms. The quantitative estimate of drug-likeness (QED) is 0.454. The van der Waals surface area contributed by atoms with Crippen LogP contribution in [0.1, 0.15) is 19.8 Å². The van der Waals surface area contributed by atoms with E-state index in [1.54, 1.807) is 6.92 Å². The van der Waals surface area contributed by atoms with Crippen LogP contribution in [0.3, 0.4) is 0 Å². The minimum absolute atomic E-state index is 0.0677. The van der Waals surface area contributed by atoms with Gasteiger partial charge in [0, 0.05) is 13.0 Å². The number of aliphatic hydroxyl groups excluding tert-OH is 3. The van der Waals surface area contributed by atoms with Crippen molar-refractivity contribution in [3.63, 3.8) is 0 Å². The molecule has 0 aliphatic rings. The van der Waals surface area contributed by atoms with E-state index in [2.05, 4.69) is 0 Å². The lowest BCUT2D eigenvalue weighted by Crippen LogP contribution is -2.12. The molecule has 0 amide bonds. The summed E-state index contributed by atoms with van der Waals surface area (Å²) in [5, 5.41) is 32.4. The van der Waals surface area contributed by atoms with Crippen molar-refractivity contribution in [3.05, 3.63) is 0 Å². The number of aliphatic carboxylic acids is 1. The predicted molar refractivity (Wildman–Crippen MR) is 42.7 cm³/mol. The van der Waals surface area contributed by atoms with Crippen molar-refractivity contribution in [3.8, 4) is 0 Å². The van der Waals surface area contributed by atoms with Gasteiger partial charge in [-0.3, -0.25) is 4.79 Å². The van der Waals surface area contributed by atoms with Crippen LogP contribution >= 0.6 is 0 Å². The van der Waals surface area contributed by atoms with E-state index in [0.29, 0.717) is 0 Å². The highest BCUT2D eigenvalue weighted by molar-refractivity contribution is 5.66. The van der Waals surface area contributed by atoms with Crippen molar-refractivity contribution in [2.75, 3.05) is 13.2 Å². The molecule has 5 nitrogen and oxygen atoms in total. The standard InChI is InChI=1S/C4H10O3.C3H6O2/c5-2-1-4(7)3-6;1-2-3(4)5/h4-7H,1-3H2;2H2,1H3,(H,4,5). The Kier molecular flexibility index (Phi) is 12.0. The van der Waals surface area contributed by atoms with E-state index >= 15 is 0 Å². The SMILES string of the molecule is CCC(=O)O.OCCC(O)CO. The number of carboxylic acids is 1. The zero-order valence-corrected chi connectivity index (χ0v) is 7.10. The van der Waals surface area contributed by atoms with Gasteiger partial charge in [-0.2, -0.15) is 0 Å². The van der Waals surface area contributed by atoms with Crippen molar-refractivity contribution < 1.29 is 25.2 Å². The fraction of sp³-hybridized carbons (Fsp3) is 0.857. The second-order valence-corrected chi connectivity index (χ2v) is 2.10. The molecule has 0 fully saturated rings. The average Bonchev–Trinajstić information content (AvgIpc) is 2.06. The smallest absolute Gasteiger partial charge is 0.303 e. The van der Waals surface area contributed by atoms with Gasteiger partial charge in [-0.25, -0.2) is 0 Å². The Bertz CT molecular complexity index is 104. The summed E-state index contributed by atoms with van der Waals surface area (Å²) in [6.45, 7) is 1.27. The van der Waals surface area contributed by atoms with E-state index in [1.807, 2.05) is 0 Å². The fourth-order valence-corrected chi connectivity index (χ4v) is 0.240. The Labute approximate surface area is 71.3 Å². The van der Waals surface area contributed by atoms with Crippen LogP contribution in [-0.4, -0.2) is 45.7 Å². The molecule has 5 heteroatoms. The lowest BCUT2D eigenvalue weighted by Gasteiger charge is -2.00. The molecule has 0 aliphatic carbocycles. The van der Waals surface area contributed by atoms with E-state index in [0.717, 1.165) is 0 Å². The molecule has 1 atom stereocenters. The average molecular weight is 180 g/mol. The summed E-state index contributed by atoms with van der Waals surface area (Å²) < 4.78 is 0. The second-order valence-electron chi connectivity index (χ2n) is 2.10. The summed E-state index contributed by atoms with van der Waals surface area (Å²) >= 11 is 0. The first-order valence-electron chi connectivity index (χ1n) is 3.70. The van der Waals surface area contributed by atoms with Crippen LogP contribution < -0.4 is 0 Å². The molecule has 4 N–H and O–H groups in total. The normalized spacial score (nSPS) is 11.3. The molecule has 0 heterocycles. The third kappa shape index (κ3) is 16.2. The Hall–Kier alpha value is -0.650. The fourth-order valence-electron chi connectivity index (χ4n) is 0.240. The van der Waals surface area contributed by atoms with Crippen molar-refractivity contribution in [2.24, 2.45) is 0 Å². The summed E-state index contributed by atoms with van der Waals surface area (Å²) in [5.41, 5.74) is 0. The lowest BCUT2D eigenvalue weighted by molar-refractivity contribution is -0.136. The molecule has 0 aromatic heterocycles. The molecule has 0 spiro atoms. The number of hydrogen-bond donors (Lipinski definition) is 4. The van der Waals surface area contributed by atoms with E-state index in [-0.39, 0.29) is 26.1 Å². The number of rotatable bonds is 4. The Morgan fingerprint density at radius 2 is 1.83 bits per heavy atom. The van der Waals surface area contributed by atoms with Crippen LogP contribution in [0.4, 0.5) is 0 Å². The lowest BCUT2D eigenvalue weighted by atomic mass is 10.3. The van der Waals surface area contributed by atoms with E-state index < -0.39 is 12.1 Å². The molecule has 0 saturated heterocycles. The molecular formula is C7H16O5. The number of hydrogen-bond acceptors (Lipinski definition) is 4. The van der Waals surface area contributed by atoms with Crippen LogP contribution in [0, 0.1) is 0 Å². The topological polar surface area (TPSA) is 98.0 Å². The molecule has 74 valence electrons. The zero-order chi connectivity index (χ0) is 9.98. The van der Waals surface area contributed by atoms with Crippen LogP contribution in [0.15, 0.2) is 0 Å². The van der Waals surface area contributed by atoms with Gasteiger partial charge < -0.3 is 20.4 Å². The van der Waals surface area contributed by atoms with Gasteiger partial charge >= 0.3 is 5.97 Å². The molecule has 1 unspecified atom stereocenters. The highest BCUT2D eigenvalue weighted by Crippen LogP contribution is 1.84. The van der Waals surface area contributed by atoms with Crippen molar-refractivity contribution in [1.82, 2.24) is 0 Å². The van der Waals surface area contributed by atoms with Gasteiger partial charge in [-0.05, 0) is 6.42 Å². The Morgan fingerprint density at radius 3 is 1.92 bits per heavy atom. The minimum Gasteiger partial charge on any atom is -0.481 e. The molecule has 0 aromatic carbocycles. The van der Waals surface area contributed by atoms with Crippen LogP contribution in [-0.2, 0) is 4.79 Å². The summed E-state index contributed by atoms with van der Waals surface area (Å²) in [5.74, 6) is -0.745. The van der Waals surface area contributed by atoms with Crippen molar-refractivity contribution in [1.29, 1.82) is 0 Å². The molecule has 12 heavy (non-hydrogen) atoms. The maximum Gasteiger partial charge on any atom is 0.303 e. The summed E-state index contributed by atoms with van der Waals surface area (Å²) in [6.07, 6.45) is -0.263. The first-order chi connectivity index (χ1) is 5.58. The monoisotopic (exact) mass is 180 g/mol. The Morgan fingerprint density at radius 1 is 1.42 bits per heavy atom. The highest BCUT2D eigenvalue weighted by Gasteiger charge is 1.96. The zero-order valence-electron chi connectivity index (χ0n) is 7.10. The number of aliphatic hydroxyl groups is 3. The van der Waals surface area contributed by atoms with E-state index in [1.165, 1.54) is 0 Å².